The van der Waals surface area contributed by atoms with Crippen LogP contribution in [-0.2, 0) is 5.41 Å². The van der Waals surface area contributed by atoms with Crippen molar-refractivity contribution in [2.45, 2.75) is 43.3 Å². The Morgan fingerprint density at radius 1 is 1.30 bits per heavy atom. The maximum Gasteiger partial charge on any atom is 0.239 e. The average Bonchev–Trinajstić information content (AvgIpc) is 2.88. The number of rotatable bonds is 4. The standard InChI is InChI=1S/C15H20N2O2S/c1-10(13-16-14(17-19-13)15(2,3)4)20-12-8-6-7-11(9-12)18-5/h6-10H,1-5H3. The Hall–Kier alpha value is -1.49. The molecule has 4 nitrogen and oxygen atoms in total. The molecule has 0 radical (unpaired) electrons. The van der Waals surface area contributed by atoms with Gasteiger partial charge in [-0.25, -0.2) is 0 Å². The molecule has 0 N–H and O–H groups in total. The molecule has 0 saturated carbocycles. The normalized spacial score (nSPS) is 13.2. The van der Waals surface area contributed by atoms with E-state index in [1.807, 2.05) is 24.3 Å². The molecule has 1 atom stereocenters. The highest BCUT2D eigenvalue weighted by molar-refractivity contribution is 7.99. The van der Waals surface area contributed by atoms with E-state index in [0.29, 0.717) is 5.89 Å². The van der Waals surface area contributed by atoms with Crippen molar-refractivity contribution in [2.24, 2.45) is 0 Å². The van der Waals surface area contributed by atoms with Crippen molar-refractivity contribution in [1.29, 1.82) is 0 Å². The molecule has 2 aromatic rings. The molecular weight excluding hydrogens is 272 g/mol. The molecule has 0 bridgehead atoms. The zero-order valence-electron chi connectivity index (χ0n) is 12.5. The Kier molecular flexibility index (Phi) is 4.38. The van der Waals surface area contributed by atoms with Crippen LogP contribution >= 0.6 is 11.8 Å². The second kappa shape index (κ2) is 5.87. The molecular formula is C15H20N2O2S. The van der Waals surface area contributed by atoms with Crippen LogP contribution in [0.5, 0.6) is 5.75 Å². The van der Waals surface area contributed by atoms with Gasteiger partial charge in [0.2, 0.25) is 5.89 Å². The number of hydrogen-bond acceptors (Lipinski definition) is 5. The summed E-state index contributed by atoms with van der Waals surface area (Å²) in [6.45, 7) is 8.27. The van der Waals surface area contributed by atoms with Crippen molar-refractivity contribution in [3.8, 4) is 5.75 Å². The first-order valence-corrected chi connectivity index (χ1v) is 7.43. The third-order valence-corrected chi connectivity index (χ3v) is 3.90. The van der Waals surface area contributed by atoms with Crippen molar-refractivity contribution in [2.75, 3.05) is 7.11 Å². The molecule has 0 aliphatic carbocycles. The van der Waals surface area contributed by atoms with Gasteiger partial charge in [0.25, 0.3) is 0 Å². The van der Waals surface area contributed by atoms with E-state index in [2.05, 4.69) is 37.8 Å². The molecule has 0 spiro atoms. The van der Waals surface area contributed by atoms with Gasteiger partial charge in [0.05, 0.1) is 12.4 Å². The summed E-state index contributed by atoms with van der Waals surface area (Å²) >= 11 is 1.67. The molecule has 108 valence electrons. The van der Waals surface area contributed by atoms with Crippen LogP contribution in [0.25, 0.3) is 0 Å². The molecule has 1 unspecified atom stereocenters. The summed E-state index contributed by atoms with van der Waals surface area (Å²) < 4.78 is 10.6. The molecule has 1 aromatic carbocycles. The van der Waals surface area contributed by atoms with Gasteiger partial charge >= 0.3 is 0 Å². The lowest BCUT2D eigenvalue weighted by Gasteiger charge is -2.11. The van der Waals surface area contributed by atoms with Crippen LogP contribution in [0, 0.1) is 0 Å². The van der Waals surface area contributed by atoms with Gasteiger partial charge in [-0.1, -0.05) is 32.0 Å². The summed E-state index contributed by atoms with van der Waals surface area (Å²) in [6.07, 6.45) is 0. The van der Waals surface area contributed by atoms with E-state index in [0.717, 1.165) is 16.5 Å². The minimum Gasteiger partial charge on any atom is -0.497 e. The Balaban J connectivity index is 2.11. The van der Waals surface area contributed by atoms with Gasteiger partial charge in [0, 0.05) is 10.3 Å². The van der Waals surface area contributed by atoms with Crippen molar-refractivity contribution < 1.29 is 9.26 Å². The van der Waals surface area contributed by atoms with Crippen LogP contribution in [0.4, 0.5) is 0 Å². The summed E-state index contributed by atoms with van der Waals surface area (Å²) in [6, 6.07) is 7.95. The first kappa shape index (κ1) is 14.9. The summed E-state index contributed by atoms with van der Waals surface area (Å²) in [7, 11) is 1.67. The fourth-order valence-corrected chi connectivity index (χ4v) is 2.58. The molecule has 1 aromatic heterocycles. The number of hydrogen-bond donors (Lipinski definition) is 0. The Bertz CT molecular complexity index is 575. The van der Waals surface area contributed by atoms with E-state index >= 15 is 0 Å². The molecule has 0 saturated heterocycles. The third kappa shape index (κ3) is 3.54. The fraction of sp³-hybridized carbons (Fsp3) is 0.467. The first-order chi connectivity index (χ1) is 9.40. The van der Waals surface area contributed by atoms with Crippen LogP contribution in [0.15, 0.2) is 33.7 Å². The van der Waals surface area contributed by atoms with Crippen LogP contribution in [0.1, 0.15) is 44.7 Å². The van der Waals surface area contributed by atoms with E-state index in [1.165, 1.54) is 0 Å². The largest absolute Gasteiger partial charge is 0.497 e. The van der Waals surface area contributed by atoms with Gasteiger partial charge in [-0.15, -0.1) is 11.8 Å². The summed E-state index contributed by atoms with van der Waals surface area (Å²) in [5.41, 5.74) is -0.0951. The van der Waals surface area contributed by atoms with Crippen LogP contribution in [-0.4, -0.2) is 17.3 Å². The summed E-state index contributed by atoms with van der Waals surface area (Å²) in [5.74, 6) is 2.25. The van der Waals surface area contributed by atoms with Crippen molar-refractivity contribution in [1.82, 2.24) is 10.1 Å². The van der Waals surface area contributed by atoms with Gasteiger partial charge < -0.3 is 9.26 Å². The van der Waals surface area contributed by atoms with E-state index in [9.17, 15) is 0 Å². The molecule has 1 heterocycles. The smallest absolute Gasteiger partial charge is 0.239 e. The number of ether oxygens (including phenoxy) is 1. The lowest BCUT2D eigenvalue weighted by molar-refractivity contribution is 0.364. The van der Waals surface area contributed by atoms with Gasteiger partial charge in [0.1, 0.15) is 5.75 Å². The maximum absolute atomic E-state index is 5.37. The molecule has 2 rings (SSSR count). The van der Waals surface area contributed by atoms with Gasteiger partial charge in [-0.3, -0.25) is 0 Å². The lowest BCUT2D eigenvalue weighted by atomic mass is 9.96. The number of nitrogens with zero attached hydrogens (tertiary/aromatic N) is 2. The van der Waals surface area contributed by atoms with Crippen molar-refractivity contribution in [3.05, 3.63) is 36.0 Å². The Morgan fingerprint density at radius 3 is 2.65 bits per heavy atom. The number of thioether (sulfide) groups is 1. The molecule has 0 aliphatic heterocycles. The second-order valence-corrected chi connectivity index (χ2v) is 7.06. The van der Waals surface area contributed by atoms with E-state index < -0.39 is 0 Å². The predicted molar refractivity (Wildman–Crippen MR) is 80.3 cm³/mol. The fourth-order valence-electron chi connectivity index (χ4n) is 1.63. The Labute approximate surface area is 123 Å². The highest BCUT2D eigenvalue weighted by Gasteiger charge is 2.23. The quantitative estimate of drug-likeness (QED) is 0.789. The van der Waals surface area contributed by atoms with E-state index in [1.54, 1.807) is 18.9 Å². The summed E-state index contributed by atoms with van der Waals surface area (Å²) in [5, 5.41) is 4.16. The Morgan fingerprint density at radius 2 is 2.05 bits per heavy atom. The monoisotopic (exact) mass is 292 g/mol. The van der Waals surface area contributed by atoms with Gasteiger partial charge in [0.15, 0.2) is 5.82 Å². The third-order valence-electron chi connectivity index (χ3n) is 2.81. The van der Waals surface area contributed by atoms with Crippen LogP contribution in [0.3, 0.4) is 0 Å². The number of methoxy groups -OCH3 is 1. The van der Waals surface area contributed by atoms with E-state index in [4.69, 9.17) is 9.26 Å². The summed E-state index contributed by atoms with van der Waals surface area (Å²) in [4.78, 5) is 5.61. The average molecular weight is 292 g/mol. The van der Waals surface area contributed by atoms with Gasteiger partial charge in [-0.05, 0) is 25.1 Å². The van der Waals surface area contributed by atoms with Crippen LogP contribution in [0.2, 0.25) is 0 Å². The van der Waals surface area contributed by atoms with Crippen molar-refractivity contribution >= 4 is 11.8 Å². The highest BCUT2D eigenvalue weighted by Crippen LogP contribution is 2.35. The minimum absolute atomic E-state index is 0.0951. The van der Waals surface area contributed by atoms with Gasteiger partial charge in [-0.2, -0.15) is 4.98 Å². The SMILES string of the molecule is COc1cccc(SC(C)c2nc(C(C)(C)C)no2)c1. The zero-order chi connectivity index (χ0) is 14.8. The molecule has 0 amide bonds. The maximum atomic E-state index is 5.37. The minimum atomic E-state index is -0.0951. The lowest BCUT2D eigenvalue weighted by Crippen LogP contribution is -2.13. The molecule has 20 heavy (non-hydrogen) atoms. The molecule has 0 aliphatic rings. The second-order valence-electron chi connectivity index (χ2n) is 5.65. The molecule has 0 fully saturated rings. The predicted octanol–water partition coefficient (Wildman–Crippen LogP) is 4.23. The zero-order valence-corrected chi connectivity index (χ0v) is 13.3. The molecule has 5 heteroatoms. The van der Waals surface area contributed by atoms with Crippen LogP contribution < -0.4 is 4.74 Å². The first-order valence-electron chi connectivity index (χ1n) is 6.55. The highest BCUT2D eigenvalue weighted by atomic mass is 32.2. The number of benzene rings is 1. The number of aromatic nitrogens is 2. The topological polar surface area (TPSA) is 48.2 Å². The van der Waals surface area contributed by atoms with Crippen molar-refractivity contribution in [3.63, 3.8) is 0 Å². The van der Waals surface area contributed by atoms with E-state index in [-0.39, 0.29) is 10.7 Å².